The first-order valence-electron chi connectivity index (χ1n) is 6.41. The van der Waals surface area contributed by atoms with Gasteiger partial charge in [-0.3, -0.25) is 0 Å². The van der Waals surface area contributed by atoms with Crippen molar-refractivity contribution >= 4 is 17.3 Å². The fourth-order valence-corrected chi connectivity index (χ4v) is 2.23. The second-order valence-electron chi connectivity index (χ2n) is 4.82. The van der Waals surface area contributed by atoms with Gasteiger partial charge in [-0.25, -0.2) is 0 Å². The summed E-state index contributed by atoms with van der Waals surface area (Å²) in [6, 6.07) is 16.1. The van der Waals surface area contributed by atoms with E-state index < -0.39 is 0 Å². The maximum Gasteiger partial charge on any atom is 0.0452 e. The van der Waals surface area contributed by atoms with Crippen LogP contribution >= 0.6 is 11.6 Å². The second kappa shape index (κ2) is 6.60. The maximum atomic E-state index is 6.18. The van der Waals surface area contributed by atoms with Crippen molar-refractivity contribution in [2.45, 2.75) is 13.0 Å². The van der Waals surface area contributed by atoms with E-state index in [1.807, 2.05) is 24.3 Å². The van der Waals surface area contributed by atoms with Gasteiger partial charge in [0, 0.05) is 23.8 Å². The second-order valence-corrected chi connectivity index (χ2v) is 5.23. The summed E-state index contributed by atoms with van der Waals surface area (Å²) in [5.74, 6) is 0. The number of halogens is 1. The third kappa shape index (κ3) is 4.27. The van der Waals surface area contributed by atoms with Crippen molar-refractivity contribution in [3.8, 4) is 0 Å². The van der Waals surface area contributed by atoms with Gasteiger partial charge in [-0.1, -0.05) is 41.9 Å². The minimum Gasteiger partial charge on any atom is -0.399 e. The molecule has 0 radical (unpaired) electrons. The van der Waals surface area contributed by atoms with Crippen LogP contribution in [0.25, 0.3) is 0 Å². The lowest BCUT2D eigenvalue weighted by molar-refractivity contribution is 0.331. The lowest BCUT2D eigenvalue weighted by atomic mass is 10.1. The minimum atomic E-state index is 0.760. The first-order chi connectivity index (χ1) is 9.15. The molecule has 0 amide bonds. The third-order valence-electron chi connectivity index (χ3n) is 3.14. The minimum absolute atomic E-state index is 0.760. The van der Waals surface area contributed by atoms with Gasteiger partial charge >= 0.3 is 0 Å². The van der Waals surface area contributed by atoms with Crippen LogP contribution in [0.15, 0.2) is 48.5 Å². The van der Waals surface area contributed by atoms with Crippen molar-refractivity contribution in [2.24, 2.45) is 0 Å². The van der Waals surface area contributed by atoms with Gasteiger partial charge in [-0.05, 0) is 42.8 Å². The molecule has 2 aromatic carbocycles. The molecule has 100 valence electrons. The van der Waals surface area contributed by atoms with Gasteiger partial charge in [0.25, 0.3) is 0 Å². The van der Waals surface area contributed by atoms with Gasteiger partial charge in [0.1, 0.15) is 0 Å². The molecule has 0 aromatic heterocycles. The van der Waals surface area contributed by atoms with Gasteiger partial charge < -0.3 is 10.6 Å². The van der Waals surface area contributed by atoms with Crippen LogP contribution < -0.4 is 5.73 Å². The van der Waals surface area contributed by atoms with Crippen LogP contribution in [0.3, 0.4) is 0 Å². The number of hydrogen-bond donors (Lipinski definition) is 1. The van der Waals surface area contributed by atoms with E-state index >= 15 is 0 Å². The Kier molecular flexibility index (Phi) is 4.83. The van der Waals surface area contributed by atoms with Gasteiger partial charge in [-0.2, -0.15) is 0 Å². The molecule has 0 aliphatic rings. The van der Waals surface area contributed by atoms with E-state index in [9.17, 15) is 0 Å². The Labute approximate surface area is 119 Å². The zero-order valence-corrected chi connectivity index (χ0v) is 11.9. The fourth-order valence-electron chi connectivity index (χ4n) is 2.05. The maximum absolute atomic E-state index is 6.18. The van der Waals surface area contributed by atoms with Gasteiger partial charge in [0.05, 0.1) is 0 Å². The molecule has 0 aliphatic carbocycles. The van der Waals surface area contributed by atoms with E-state index in [1.165, 1.54) is 5.56 Å². The largest absolute Gasteiger partial charge is 0.399 e. The number of benzene rings is 2. The number of likely N-dealkylation sites (N-methyl/N-ethyl adjacent to an activating group) is 1. The van der Waals surface area contributed by atoms with Gasteiger partial charge in [0.15, 0.2) is 0 Å². The predicted molar refractivity (Wildman–Crippen MR) is 82.3 cm³/mol. The Balaban J connectivity index is 1.90. The van der Waals surface area contributed by atoms with E-state index in [2.05, 4.69) is 36.2 Å². The number of hydrogen-bond acceptors (Lipinski definition) is 2. The van der Waals surface area contributed by atoms with Crippen LogP contribution in [0, 0.1) is 0 Å². The molecule has 2 aromatic rings. The van der Waals surface area contributed by atoms with Crippen molar-refractivity contribution in [1.82, 2.24) is 4.90 Å². The highest BCUT2D eigenvalue weighted by atomic mass is 35.5. The number of nitrogens with two attached hydrogens (primary N) is 1. The summed E-state index contributed by atoms with van der Waals surface area (Å²) in [6.45, 7) is 1.81. The van der Waals surface area contributed by atoms with Crippen LogP contribution in [-0.4, -0.2) is 18.5 Å². The molecule has 0 fully saturated rings. The summed E-state index contributed by atoms with van der Waals surface area (Å²) >= 11 is 6.18. The van der Waals surface area contributed by atoms with E-state index in [4.69, 9.17) is 17.3 Å². The molecule has 2 N–H and O–H groups in total. The lowest BCUT2D eigenvalue weighted by Crippen LogP contribution is -2.21. The third-order valence-corrected chi connectivity index (χ3v) is 3.50. The summed E-state index contributed by atoms with van der Waals surface area (Å²) in [5, 5.41) is 0.778. The number of anilines is 1. The summed E-state index contributed by atoms with van der Waals surface area (Å²) < 4.78 is 0. The number of nitrogen functional groups attached to an aromatic ring is 1. The number of rotatable bonds is 5. The van der Waals surface area contributed by atoms with Crippen LogP contribution in [0.5, 0.6) is 0 Å². The molecule has 0 heterocycles. The molecule has 0 bridgehead atoms. The molecule has 0 aliphatic heterocycles. The monoisotopic (exact) mass is 274 g/mol. The highest BCUT2D eigenvalue weighted by Crippen LogP contribution is 2.20. The molecule has 0 saturated carbocycles. The lowest BCUT2D eigenvalue weighted by Gasteiger charge is -2.17. The molecule has 0 spiro atoms. The average Bonchev–Trinajstić information content (AvgIpc) is 2.42. The molecule has 2 rings (SSSR count). The van der Waals surface area contributed by atoms with Crippen molar-refractivity contribution in [3.05, 3.63) is 64.7 Å². The predicted octanol–water partition coefficient (Wildman–Crippen LogP) is 3.60. The molecule has 0 atom stereocenters. The standard InChI is InChI=1S/C16H19ClN2/c1-19(10-9-13-5-3-2-4-6-13)12-14-11-15(18)7-8-16(14)17/h2-8,11H,9-10,12,18H2,1H3. The molecule has 19 heavy (non-hydrogen) atoms. The quantitative estimate of drug-likeness (QED) is 0.844. The normalized spacial score (nSPS) is 10.9. The van der Waals surface area contributed by atoms with Crippen molar-refractivity contribution in [1.29, 1.82) is 0 Å². The summed E-state index contributed by atoms with van der Waals surface area (Å²) in [4.78, 5) is 2.26. The Hall–Kier alpha value is -1.51. The molecule has 0 saturated heterocycles. The van der Waals surface area contributed by atoms with Crippen molar-refractivity contribution in [3.63, 3.8) is 0 Å². The molecule has 3 heteroatoms. The highest BCUT2D eigenvalue weighted by Gasteiger charge is 2.05. The first kappa shape index (κ1) is 13.9. The Morgan fingerprint density at radius 3 is 2.58 bits per heavy atom. The fraction of sp³-hybridized carbons (Fsp3) is 0.250. The van der Waals surface area contributed by atoms with E-state index in [0.717, 1.165) is 35.8 Å². The zero-order valence-electron chi connectivity index (χ0n) is 11.1. The summed E-state index contributed by atoms with van der Waals surface area (Å²) in [6.07, 6.45) is 1.04. The molecule has 0 unspecified atom stereocenters. The van der Waals surface area contributed by atoms with E-state index in [0.29, 0.717) is 0 Å². The Bertz CT molecular complexity index is 526. The van der Waals surface area contributed by atoms with Crippen molar-refractivity contribution in [2.75, 3.05) is 19.3 Å². The molecule has 2 nitrogen and oxygen atoms in total. The highest BCUT2D eigenvalue weighted by molar-refractivity contribution is 6.31. The van der Waals surface area contributed by atoms with Gasteiger partial charge in [0.2, 0.25) is 0 Å². The molecular weight excluding hydrogens is 256 g/mol. The average molecular weight is 275 g/mol. The SMILES string of the molecule is CN(CCc1ccccc1)Cc1cc(N)ccc1Cl. The molecular formula is C16H19ClN2. The van der Waals surface area contributed by atoms with Crippen LogP contribution in [-0.2, 0) is 13.0 Å². The smallest absolute Gasteiger partial charge is 0.0452 e. The summed E-state index contributed by atoms with van der Waals surface area (Å²) in [5.41, 5.74) is 8.99. The Morgan fingerprint density at radius 1 is 1.11 bits per heavy atom. The Morgan fingerprint density at radius 2 is 1.84 bits per heavy atom. The summed E-state index contributed by atoms with van der Waals surface area (Å²) in [7, 11) is 2.10. The van der Waals surface area contributed by atoms with E-state index in [-0.39, 0.29) is 0 Å². The zero-order chi connectivity index (χ0) is 13.7. The van der Waals surface area contributed by atoms with Crippen LogP contribution in [0.2, 0.25) is 5.02 Å². The van der Waals surface area contributed by atoms with Crippen molar-refractivity contribution < 1.29 is 0 Å². The van der Waals surface area contributed by atoms with Crippen LogP contribution in [0.1, 0.15) is 11.1 Å². The number of nitrogens with zero attached hydrogens (tertiary/aromatic N) is 1. The van der Waals surface area contributed by atoms with Crippen LogP contribution in [0.4, 0.5) is 5.69 Å². The van der Waals surface area contributed by atoms with Gasteiger partial charge in [-0.15, -0.1) is 0 Å². The van der Waals surface area contributed by atoms with E-state index in [1.54, 1.807) is 0 Å². The topological polar surface area (TPSA) is 29.3 Å². The first-order valence-corrected chi connectivity index (χ1v) is 6.79.